The van der Waals surface area contributed by atoms with Crippen molar-refractivity contribution in [2.75, 3.05) is 0 Å². The van der Waals surface area contributed by atoms with Crippen LogP contribution in [0.2, 0.25) is 0 Å². The fourth-order valence-electron chi connectivity index (χ4n) is 4.48. The molecule has 0 spiro atoms. The Kier molecular flexibility index (Phi) is 3.40. The van der Waals surface area contributed by atoms with E-state index in [4.69, 9.17) is 0 Å². The molecule has 0 radical (unpaired) electrons. The molecule has 0 bridgehead atoms. The maximum absolute atomic E-state index is 2.45. The van der Waals surface area contributed by atoms with Gasteiger partial charge in [-0.25, -0.2) is 0 Å². The van der Waals surface area contributed by atoms with Crippen LogP contribution >= 0.6 is 0 Å². The van der Waals surface area contributed by atoms with Crippen molar-refractivity contribution >= 4 is 0 Å². The molecule has 2 unspecified atom stereocenters. The van der Waals surface area contributed by atoms with Gasteiger partial charge in [0, 0.05) is 0 Å². The average molecular weight is 230 g/mol. The second kappa shape index (κ2) is 5.00. The van der Waals surface area contributed by atoms with E-state index in [0.717, 1.165) is 11.8 Å². The van der Waals surface area contributed by atoms with Gasteiger partial charge in [0.05, 0.1) is 0 Å². The van der Waals surface area contributed by atoms with E-state index < -0.39 is 0 Å². The van der Waals surface area contributed by atoms with Crippen molar-refractivity contribution < 1.29 is 0 Å². The Morgan fingerprint density at radius 2 is 1.71 bits per heavy atom. The molecule has 94 valence electrons. The topological polar surface area (TPSA) is 0 Å². The lowest BCUT2D eigenvalue weighted by Gasteiger charge is -2.25. The summed E-state index contributed by atoms with van der Waals surface area (Å²) in [6, 6.07) is 0. The minimum absolute atomic E-state index is 0.943. The smallest absolute Gasteiger partial charge is 0.0131 e. The van der Waals surface area contributed by atoms with Gasteiger partial charge in [-0.3, -0.25) is 0 Å². The summed E-state index contributed by atoms with van der Waals surface area (Å²) in [6.45, 7) is 2.27. The Morgan fingerprint density at radius 3 is 2.47 bits per heavy atom. The van der Waals surface area contributed by atoms with Crippen molar-refractivity contribution in [3.8, 4) is 0 Å². The average Bonchev–Trinajstić information content (AvgIpc) is 2.78. The summed E-state index contributed by atoms with van der Waals surface area (Å²) in [5, 5.41) is 0. The van der Waals surface area contributed by atoms with Gasteiger partial charge in [0.2, 0.25) is 0 Å². The Balaban J connectivity index is 1.89. The van der Waals surface area contributed by atoms with Gasteiger partial charge in [-0.05, 0) is 74.9 Å². The molecule has 0 aromatic carbocycles. The SMILES string of the molecule is CC=C1C(=C2CCCCC2)CC2CCCCC12. The largest absolute Gasteiger partial charge is 0.0839 e. The molecule has 3 saturated carbocycles. The highest BCUT2D eigenvalue weighted by Gasteiger charge is 2.37. The predicted octanol–water partition coefficient (Wildman–Crippen LogP) is 5.40. The Labute approximate surface area is 106 Å². The molecule has 0 N–H and O–H groups in total. The van der Waals surface area contributed by atoms with Crippen molar-refractivity contribution in [1.29, 1.82) is 0 Å². The predicted molar refractivity (Wildman–Crippen MR) is 73.9 cm³/mol. The van der Waals surface area contributed by atoms with Crippen molar-refractivity contribution in [2.45, 2.75) is 71.1 Å². The number of rotatable bonds is 0. The lowest BCUT2D eigenvalue weighted by molar-refractivity contribution is 0.304. The van der Waals surface area contributed by atoms with Gasteiger partial charge in [-0.2, -0.15) is 0 Å². The zero-order chi connectivity index (χ0) is 11.7. The monoisotopic (exact) mass is 230 g/mol. The van der Waals surface area contributed by atoms with Gasteiger partial charge in [-0.15, -0.1) is 0 Å². The third kappa shape index (κ3) is 2.11. The van der Waals surface area contributed by atoms with E-state index in [2.05, 4.69) is 13.0 Å². The first-order valence-electron chi connectivity index (χ1n) is 7.77. The van der Waals surface area contributed by atoms with Gasteiger partial charge in [0.25, 0.3) is 0 Å². The second-order valence-corrected chi connectivity index (χ2v) is 6.24. The van der Waals surface area contributed by atoms with Crippen molar-refractivity contribution in [1.82, 2.24) is 0 Å². The maximum atomic E-state index is 2.45. The molecule has 0 saturated heterocycles. The first-order valence-corrected chi connectivity index (χ1v) is 7.77. The van der Waals surface area contributed by atoms with Crippen LogP contribution in [0.1, 0.15) is 71.1 Å². The van der Waals surface area contributed by atoms with Gasteiger partial charge in [0.15, 0.2) is 0 Å². The Hall–Kier alpha value is -0.520. The van der Waals surface area contributed by atoms with Crippen LogP contribution in [-0.2, 0) is 0 Å². The molecule has 0 nitrogen and oxygen atoms in total. The number of hydrogen-bond acceptors (Lipinski definition) is 0. The summed E-state index contributed by atoms with van der Waals surface area (Å²) < 4.78 is 0. The summed E-state index contributed by atoms with van der Waals surface area (Å²) in [4.78, 5) is 0. The molecule has 3 fully saturated rings. The number of hydrogen-bond donors (Lipinski definition) is 0. The third-order valence-electron chi connectivity index (χ3n) is 5.32. The van der Waals surface area contributed by atoms with Crippen molar-refractivity contribution in [3.63, 3.8) is 0 Å². The van der Waals surface area contributed by atoms with Crippen LogP contribution in [-0.4, -0.2) is 0 Å². The Morgan fingerprint density at radius 1 is 0.941 bits per heavy atom. The number of fused-ring (bicyclic) bond motifs is 1. The van der Waals surface area contributed by atoms with Crippen LogP contribution in [0.4, 0.5) is 0 Å². The van der Waals surface area contributed by atoms with Crippen LogP contribution in [0.25, 0.3) is 0 Å². The van der Waals surface area contributed by atoms with E-state index in [0.29, 0.717) is 0 Å². The molecule has 2 atom stereocenters. The van der Waals surface area contributed by atoms with E-state index in [1.54, 1.807) is 5.57 Å². The highest BCUT2D eigenvalue weighted by Crippen LogP contribution is 2.50. The summed E-state index contributed by atoms with van der Waals surface area (Å²) >= 11 is 0. The van der Waals surface area contributed by atoms with Crippen molar-refractivity contribution in [2.24, 2.45) is 11.8 Å². The van der Waals surface area contributed by atoms with Gasteiger partial charge in [0.1, 0.15) is 0 Å². The quantitative estimate of drug-likeness (QED) is 0.522. The van der Waals surface area contributed by atoms with E-state index in [9.17, 15) is 0 Å². The van der Waals surface area contributed by atoms with Crippen molar-refractivity contribution in [3.05, 3.63) is 22.8 Å². The molecule has 0 aromatic heterocycles. The molecule has 0 amide bonds. The molecular formula is C17H26. The third-order valence-corrected chi connectivity index (χ3v) is 5.32. The van der Waals surface area contributed by atoms with E-state index in [1.165, 1.54) is 64.2 Å². The fourth-order valence-corrected chi connectivity index (χ4v) is 4.48. The van der Waals surface area contributed by atoms with Crippen LogP contribution in [0, 0.1) is 11.8 Å². The molecule has 0 aromatic rings. The summed E-state index contributed by atoms with van der Waals surface area (Å²) in [6.07, 6.45) is 17.0. The summed E-state index contributed by atoms with van der Waals surface area (Å²) in [7, 11) is 0. The van der Waals surface area contributed by atoms with E-state index in [-0.39, 0.29) is 0 Å². The minimum atomic E-state index is 0.943. The van der Waals surface area contributed by atoms with Gasteiger partial charge >= 0.3 is 0 Å². The van der Waals surface area contributed by atoms with Crippen LogP contribution in [0.5, 0.6) is 0 Å². The van der Waals surface area contributed by atoms with Gasteiger partial charge < -0.3 is 0 Å². The van der Waals surface area contributed by atoms with E-state index in [1.807, 2.05) is 11.1 Å². The molecular weight excluding hydrogens is 204 g/mol. The minimum Gasteiger partial charge on any atom is -0.0839 e. The fraction of sp³-hybridized carbons (Fsp3) is 0.765. The molecule has 0 aliphatic heterocycles. The molecule has 3 aliphatic carbocycles. The van der Waals surface area contributed by atoms with Crippen LogP contribution in [0.3, 0.4) is 0 Å². The van der Waals surface area contributed by atoms with Gasteiger partial charge in [-0.1, -0.05) is 30.9 Å². The van der Waals surface area contributed by atoms with Crippen LogP contribution < -0.4 is 0 Å². The zero-order valence-electron chi connectivity index (χ0n) is 11.3. The summed E-state index contributed by atoms with van der Waals surface area (Å²) in [5.74, 6) is 1.96. The summed E-state index contributed by atoms with van der Waals surface area (Å²) in [5.41, 5.74) is 5.44. The molecule has 17 heavy (non-hydrogen) atoms. The molecule has 0 heterocycles. The molecule has 3 aliphatic rings. The standard InChI is InChI=1S/C17H26/c1-2-15-16-11-7-6-10-14(16)12-17(15)13-8-4-3-5-9-13/h2,14,16H,3-12H2,1H3. The second-order valence-electron chi connectivity index (χ2n) is 6.24. The lowest BCUT2D eigenvalue weighted by Crippen LogP contribution is -2.14. The highest BCUT2D eigenvalue weighted by molar-refractivity contribution is 5.42. The highest BCUT2D eigenvalue weighted by atomic mass is 14.4. The lowest BCUT2D eigenvalue weighted by atomic mass is 9.80. The number of allylic oxidation sites excluding steroid dienone is 4. The normalized spacial score (nSPS) is 36.4. The first kappa shape index (κ1) is 11.6. The Bertz CT molecular complexity index is 337. The van der Waals surface area contributed by atoms with E-state index >= 15 is 0 Å². The first-order chi connectivity index (χ1) is 8.40. The maximum Gasteiger partial charge on any atom is -0.0131 e. The molecule has 3 rings (SSSR count). The van der Waals surface area contributed by atoms with Crippen LogP contribution in [0.15, 0.2) is 22.8 Å². The zero-order valence-corrected chi connectivity index (χ0v) is 11.3. The molecule has 0 heteroatoms.